The highest BCUT2D eigenvalue weighted by Crippen LogP contribution is 2.21. The maximum atomic E-state index is 11.7. The average Bonchev–Trinajstić information content (AvgIpc) is 2.07. The van der Waals surface area contributed by atoms with Crippen molar-refractivity contribution in [1.29, 1.82) is 0 Å². The Kier molecular flexibility index (Phi) is 7.11. The molecule has 15 heavy (non-hydrogen) atoms. The molecule has 3 nitrogen and oxygen atoms in total. The van der Waals surface area contributed by atoms with E-state index in [9.17, 15) is 18.0 Å². The van der Waals surface area contributed by atoms with Gasteiger partial charge in [0.2, 0.25) is 0 Å². The van der Waals surface area contributed by atoms with Gasteiger partial charge in [-0.1, -0.05) is 0 Å². The summed E-state index contributed by atoms with van der Waals surface area (Å²) in [5.41, 5.74) is 0. The largest absolute Gasteiger partial charge is 0.481 e. The Morgan fingerprint density at radius 3 is 2.27 bits per heavy atom. The Balaban J connectivity index is 3.09. The molecule has 0 spiro atoms. The van der Waals surface area contributed by atoms with Gasteiger partial charge < -0.3 is 10.4 Å². The Bertz CT molecular complexity index is 183. The Labute approximate surface area is 86.7 Å². The van der Waals surface area contributed by atoms with Gasteiger partial charge in [0, 0.05) is 12.8 Å². The quantitative estimate of drug-likeness (QED) is 0.625. The third kappa shape index (κ3) is 13.2. The first kappa shape index (κ1) is 14.2. The van der Waals surface area contributed by atoms with E-state index in [1.807, 2.05) is 0 Å². The van der Waals surface area contributed by atoms with E-state index in [4.69, 9.17) is 5.11 Å². The van der Waals surface area contributed by atoms with Gasteiger partial charge in [0.05, 0.1) is 0 Å². The van der Waals surface area contributed by atoms with Gasteiger partial charge in [-0.3, -0.25) is 4.79 Å². The summed E-state index contributed by atoms with van der Waals surface area (Å²) in [6, 6.07) is 0. The molecule has 0 unspecified atom stereocenters. The lowest BCUT2D eigenvalue weighted by Crippen LogP contribution is -2.18. The summed E-state index contributed by atoms with van der Waals surface area (Å²) in [6.07, 6.45) is -3.63. The number of carboxylic acids is 1. The van der Waals surface area contributed by atoms with Crippen LogP contribution in [0.25, 0.3) is 0 Å². The molecular weight excluding hydrogens is 211 g/mol. The summed E-state index contributed by atoms with van der Waals surface area (Å²) in [5.74, 6) is -0.853. The van der Waals surface area contributed by atoms with Gasteiger partial charge in [0.1, 0.15) is 0 Å². The molecule has 0 bridgehead atoms. The number of halogens is 3. The summed E-state index contributed by atoms with van der Waals surface area (Å²) < 4.78 is 35.1. The van der Waals surface area contributed by atoms with E-state index >= 15 is 0 Å². The van der Waals surface area contributed by atoms with E-state index < -0.39 is 18.6 Å². The molecule has 0 aromatic carbocycles. The highest BCUT2D eigenvalue weighted by Gasteiger charge is 2.25. The van der Waals surface area contributed by atoms with Crippen LogP contribution in [0.1, 0.15) is 32.1 Å². The Morgan fingerprint density at radius 1 is 1.13 bits per heavy atom. The summed E-state index contributed by atoms with van der Waals surface area (Å²) in [7, 11) is 0. The standard InChI is InChI=1S/C9H16F3NO2/c10-9(11,12)5-1-2-6-13-7-3-4-8(14)15/h13H,1-7H2,(H,14,15). The van der Waals surface area contributed by atoms with Crippen molar-refractivity contribution in [1.82, 2.24) is 5.32 Å². The van der Waals surface area contributed by atoms with Gasteiger partial charge in [0.15, 0.2) is 0 Å². The van der Waals surface area contributed by atoms with Crippen LogP contribution in [0.15, 0.2) is 0 Å². The molecular formula is C9H16F3NO2. The van der Waals surface area contributed by atoms with Crippen molar-refractivity contribution in [2.24, 2.45) is 0 Å². The molecule has 6 heteroatoms. The van der Waals surface area contributed by atoms with Crippen molar-refractivity contribution in [2.75, 3.05) is 13.1 Å². The van der Waals surface area contributed by atoms with Crippen LogP contribution in [0.2, 0.25) is 0 Å². The SMILES string of the molecule is O=C(O)CCCNCCCCC(F)(F)F. The molecule has 0 amide bonds. The zero-order valence-electron chi connectivity index (χ0n) is 8.44. The molecule has 0 saturated carbocycles. The van der Waals surface area contributed by atoms with Crippen LogP contribution in [-0.2, 0) is 4.79 Å². The van der Waals surface area contributed by atoms with Crippen LogP contribution in [0.4, 0.5) is 13.2 Å². The van der Waals surface area contributed by atoms with Gasteiger partial charge in [-0.2, -0.15) is 13.2 Å². The van der Waals surface area contributed by atoms with Crippen LogP contribution in [0, 0.1) is 0 Å². The van der Waals surface area contributed by atoms with Crippen molar-refractivity contribution in [3.63, 3.8) is 0 Å². The fourth-order valence-electron chi connectivity index (χ4n) is 1.07. The minimum Gasteiger partial charge on any atom is -0.481 e. The van der Waals surface area contributed by atoms with E-state index in [0.717, 1.165) is 0 Å². The van der Waals surface area contributed by atoms with E-state index in [2.05, 4.69) is 5.32 Å². The molecule has 0 aliphatic rings. The molecule has 0 aromatic heterocycles. The highest BCUT2D eigenvalue weighted by atomic mass is 19.4. The number of alkyl halides is 3. The maximum Gasteiger partial charge on any atom is 0.389 e. The summed E-state index contributed by atoms with van der Waals surface area (Å²) in [4.78, 5) is 10.1. The number of hydrogen-bond donors (Lipinski definition) is 2. The van der Waals surface area contributed by atoms with Crippen molar-refractivity contribution in [2.45, 2.75) is 38.3 Å². The van der Waals surface area contributed by atoms with E-state index in [1.54, 1.807) is 0 Å². The highest BCUT2D eigenvalue weighted by molar-refractivity contribution is 5.66. The van der Waals surface area contributed by atoms with Crippen molar-refractivity contribution in [3.8, 4) is 0 Å². The summed E-state index contributed by atoms with van der Waals surface area (Å²) in [6.45, 7) is 1.05. The fraction of sp³-hybridized carbons (Fsp3) is 0.889. The lowest BCUT2D eigenvalue weighted by molar-refractivity contribution is -0.137. The van der Waals surface area contributed by atoms with Crippen LogP contribution >= 0.6 is 0 Å². The first-order valence-corrected chi connectivity index (χ1v) is 4.91. The van der Waals surface area contributed by atoms with Gasteiger partial charge in [0.25, 0.3) is 0 Å². The number of hydrogen-bond acceptors (Lipinski definition) is 2. The number of nitrogens with one attached hydrogen (secondary N) is 1. The topological polar surface area (TPSA) is 49.3 Å². The number of carboxylic acid groups (broad SMARTS) is 1. The molecule has 0 fully saturated rings. The second-order valence-corrected chi connectivity index (χ2v) is 3.32. The van der Waals surface area contributed by atoms with Crippen molar-refractivity contribution >= 4 is 5.97 Å². The minimum atomic E-state index is -4.07. The molecule has 0 radical (unpaired) electrons. The second kappa shape index (κ2) is 7.50. The van der Waals surface area contributed by atoms with E-state index in [-0.39, 0.29) is 12.8 Å². The monoisotopic (exact) mass is 227 g/mol. The Hall–Kier alpha value is -0.780. The molecule has 0 rings (SSSR count). The van der Waals surface area contributed by atoms with Gasteiger partial charge in [-0.25, -0.2) is 0 Å². The maximum absolute atomic E-state index is 11.7. The number of unbranched alkanes of at least 4 members (excludes halogenated alkanes) is 1. The molecule has 0 aromatic rings. The van der Waals surface area contributed by atoms with Crippen molar-refractivity contribution < 1.29 is 23.1 Å². The first-order chi connectivity index (χ1) is 6.92. The molecule has 0 aliphatic heterocycles. The molecule has 0 atom stereocenters. The molecule has 0 heterocycles. The van der Waals surface area contributed by atoms with Crippen molar-refractivity contribution in [3.05, 3.63) is 0 Å². The van der Waals surface area contributed by atoms with Crippen LogP contribution in [-0.4, -0.2) is 30.3 Å². The average molecular weight is 227 g/mol. The van der Waals surface area contributed by atoms with Crippen LogP contribution < -0.4 is 5.32 Å². The lowest BCUT2D eigenvalue weighted by Gasteiger charge is -2.06. The molecule has 0 saturated heterocycles. The van der Waals surface area contributed by atoms with Crippen LogP contribution in [0.5, 0.6) is 0 Å². The fourth-order valence-corrected chi connectivity index (χ4v) is 1.07. The third-order valence-corrected chi connectivity index (χ3v) is 1.81. The van der Waals surface area contributed by atoms with Gasteiger partial charge in [-0.05, 0) is 32.4 Å². The minimum absolute atomic E-state index is 0.0928. The number of rotatable bonds is 8. The predicted molar refractivity (Wildman–Crippen MR) is 49.6 cm³/mol. The van der Waals surface area contributed by atoms with Gasteiger partial charge in [-0.15, -0.1) is 0 Å². The second-order valence-electron chi connectivity index (χ2n) is 3.32. The predicted octanol–water partition coefficient (Wildman–Crippen LogP) is 2.17. The van der Waals surface area contributed by atoms with E-state index in [1.165, 1.54) is 0 Å². The number of aliphatic carboxylic acids is 1. The molecule has 90 valence electrons. The van der Waals surface area contributed by atoms with E-state index in [0.29, 0.717) is 25.9 Å². The molecule has 0 aliphatic carbocycles. The smallest absolute Gasteiger partial charge is 0.389 e. The Morgan fingerprint density at radius 2 is 1.73 bits per heavy atom. The first-order valence-electron chi connectivity index (χ1n) is 4.91. The lowest BCUT2D eigenvalue weighted by atomic mass is 10.2. The summed E-state index contributed by atoms with van der Waals surface area (Å²) >= 11 is 0. The third-order valence-electron chi connectivity index (χ3n) is 1.81. The number of carbonyl (C=O) groups is 1. The zero-order chi connectivity index (χ0) is 11.7. The zero-order valence-corrected chi connectivity index (χ0v) is 8.44. The normalized spacial score (nSPS) is 11.7. The van der Waals surface area contributed by atoms with Crippen LogP contribution in [0.3, 0.4) is 0 Å². The molecule has 2 N–H and O–H groups in total. The summed E-state index contributed by atoms with van der Waals surface area (Å²) in [5, 5.41) is 11.2. The van der Waals surface area contributed by atoms with Gasteiger partial charge >= 0.3 is 12.1 Å².